The van der Waals surface area contributed by atoms with Crippen molar-refractivity contribution in [1.29, 1.82) is 0 Å². The van der Waals surface area contributed by atoms with Crippen LogP contribution in [0.15, 0.2) is 54.6 Å². The van der Waals surface area contributed by atoms with Gasteiger partial charge in [0, 0.05) is 12.1 Å². The van der Waals surface area contributed by atoms with Crippen molar-refractivity contribution in [3.8, 4) is 5.75 Å². The van der Waals surface area contributed by atoms with Crippen molar-refractivity contribution in [3.63, 3.8) is 0 Å². The number of halogens is 2. The van der Waals surface area contributed by atoms with Gasteiger partial charge in [-0.3, -0.25) is 4.79 Å². The fraction of sp³-hybridized carbons (Fsp3) is 0. The van der Waals surface area contributed by atoms with Crippen molar-refractivity contribution in [2.24, 2.45) is 0 Å². The van der Waals surface area contributed by atoms with Gasteiger partial charge in [0.25, 0.3) is 0 Å². The van der Waals surface area contributed by atoms with E-state index < -0.39 is 23.2 Å². The van der Waals surface area contributed by atoms with Crippen molar-refractivity contribution in [2.45, 2.75) is 0 Å². The molecule has 0 saturated carbocycles. The third kappa shape index (κ3) is 4.02. The molecule has 0 aliphatic carbocycles. The monoisotopic (exact) mass is 302 g/mol. The number of rotatable bonds is 4. The predicted octanol–water partition coefficient (Wildman–Crippen LogP) is 3.85. The molecule has 0 spiro atoms. The van der Waals surface area contributed by atoms with E-state index in [0.717, 1.165) is 30.4 Å². The number of allylic oxidation sites excluding steroid dienone is 2. The predicted molar refractivity (Wildman–Crippen MR) is 79.1 cm³/mol. The highest BCUT2D eigenvalue weighted by atomic mass is 19.1. The molecule has 0 saturated heterocycles. The number of aliphatic hydroxyl groups excluding tert-OH is 1. The number of para-hydroxylation sites is 1. The average molecular weight is 302 g/mol. The molecule has 0 atom stereocenters. The van der Waals surface area contributed by atoms with Crippen molar-refractivity contribution >= 4 is 17.6 Å². The van der Waals surface area contributed by atoms with Crippen molar-refractivity contribution in [2.75, 3.05) is 0 Å². The summed E-state index contributed by atoms with van der Waals surface area (Å²) >= 11 is 0. The number of carbonyl (C=O) groups excluding carboxylic acids is 1. The van der Waals surface area contributed by atoms with Crippen LogP contribution in [0.3, 0.4) is 0 Å². The van der Waals surface area contributed by atoms with Crippen molar-refractivity contribution < 1.29 is 23.8 Å². The van der Waals surface area contributed by atoms with E-state index in [1.54, 1.807) is 12.1 Å². The van der Waals surface area contributed by atoms with Gasteiger partial charge in [-0.25, -0.2) is 8.78 Å². The summed E-state index contributed by atoms with van der Waals surface area (Å²) in [7, 11) is 0. The Morgan fingerprint density at radius 3 is 2.32 bits per heavy atom. The summed E-state index contributed by atoms with van der Waals surface area (Å²) in [6.45, 7) is 0. The molecule has 0 unspecified atom stereocenters. The maximum absolute atomic E-state index is 13.0. The van der Waals surface area contributed by atoms with E-state index in [2.05, 4.69) is 0 Å². The summed E-state index contributed by atoms with van der Waals surface area (Å²) in [5, 5.41) is 19.3. The van der Waals surface area contributed by atoms with Crippen LogP contribution in [0.1, 0.15) is 11.1 Å². The van der Waals surface area contributed by atoms with Gasteiger partial charge < -0.3 is 10.2 Å². The molecule has 0 amide bonds. The Bertz CT molecular complexity index is 744. The highest BCUT2D eigenvalue weighted by Gasteiger charge is 2.06. The van der Waals surface area contributed by atoms with Gasteiger partial charge in [0.1, 0.15) is 23.1 Å². The molecule has 0 radical (unpaired) electrons. The first-order valence-corrected chi connectivity index (χ1v) is 6.33. The largest absolute Gasteiger partial charge is 0.507 e. The number of benzene rings is 2. The molecule has 0 aliphatic rings. The van der Waals surface area contributed by atoms with Gasteiger partial charge in [0.15, 0.2) is 5.78 Å². The van der Waals surface area contributed by atoms with Crippen molar-refractivity contribution in [3.05, 3.63) is 77.4 Å². The van der Waals surface area contributed by atoms with E-state index in [1.165, 1.54) is 18.2 Å². The molecule has 0 bridgehead atoms. The van der Waals surface area contributed by atoms with Crippen LogP contribution in [0.2, 0.25) is 0 Å². The summed E-state index contributed by atoms with van der Waals surface area (Å²) in [6.07, 6.45) is 3.19. The zero-order chi connectivity index (χ0) is 16.1. The van der Waals surface area contributed by atoms with Gasteiger partial charge in [-0.15, -0.1) is 0 Å². The second kappa shape index (κ2) is 6.67. The van der Waals surface area contributed by atoms with Crippen LogP contribution in [0.4, 0.5) is 8.78 Å². The molecule has 2 N–H and O–H groups in total. The Labute approximate surface area is 125 Å². The molecular formula is C17H12F2O3. The molecule has 0 aliphatic heterocycles. The number of ketones is 1. The lowest BCUT2D eigenvalue weighted by Gasteiger charge is -2.01. The first-order valence-electron chi connectivity index (χ1n) is 6.33. The lowest BCUT2D eigenvalue weighted by Crippen LogP contribution is -1.91. The Hall–Kier alpha value is -2.95. The maximum Gasteiger partial charge on any atom is 0.182 e. The zero-order valence-electron chi connectivity index (χ0n) is 11.3. The maximum atomic E-state index is 13.0. The van der Waals surface area contributed by atoms with Crippen molar-refractivity contribution in [1.82, 2.24) is 0 Å². The summed E-state index contributed by atoms with van der Waals surface area (Å²) in [5.41, 5.74) is 0.294. The Kier molecular flexibility index (Phi) is 4.68. The van der Waals surface area contributed by atoms with Crippen LogP contribution in [0.25, 0.3) is 11.8 Å². The molecule has 5 heteroatoms. The summed E-state index contributed by atoms with van der Waals surface area (Å²) in [4.78, 5) is 11.7. The summed E-state index contributed by atoms with van der Waals surface area (Å²) < 4.78 is 26.0. The van der Waals surface area contributed by atoms with Gasteiger partial charge in [-0.2, -0.15) is 0 Å². The highest BCUT2D eigenvalue weighted by molar-refractivity contribution is 6.05. The molecule has 22 heavy (non-hydrogen) atoms. The van der Waals surface area contributed by atoms with Gasteiger partial charge in [-0.1, -0.05) is 18.2 Å². The summed E-state index contributed by atoms with van der Waals surface area (Å²) in [5.74, 6) is -2.66. The molecule has 2 aromatic carbocycles. The average Bonchev–Trinajstić information content (AvgIpc) is 2.44. The zero-order valence-corrected chi connectivity index (χ0v) is 11.3. The number of aliphatic hydroxyl groups is 1. The number of carbonyl (C=O) groups is 1. The third-order valence-electron chi connectivity index (χ3n) is 2.78. The molecule has 0 fully saturated rings. The number of phenols is 1. The third-order valence-corrected chi connectivity index (χ3v) is 2.78. The van der Waals surface area contributed by atoms with Crippen LogP contribution >= 0.6 is 0 Å². The van der Waals surface area contributed by atoms with E-state index in [0.29, 0.717) is 0 Å². The molecular weight excluding hydrogens is 290 g/mol. The van der Waals surface area contributed by atoms with Crippen LogP contribution in [-0.2, 0) is 4.79 Å². The smallest absolute Gasteiger partial charge is 0.182 e. The molecule has 2 rings (SSSR count). The first kappa shape index (κ1) is 15.4. The van der Waals surface area contributed by atoms with E-state index >= 15 is 0 Å². The lowest BCUT2D eigenvalue weighted by atomic mass is 10.1. The molecule has 2 aromatic rings. The number of phenolic OH excluding ortho intramolecular Hbond substituents is 1. The molecule has 112 valence electrons. The Balaban J connectivity index is 2.17. The van der Waals surface area contributed by atoms with E-state index in [4.69, 9.17) is 0 Å². The van der Waals surface area contributed by atoms with Gasteiger partial charge in [0.05, 0.1) is 5.56 Å². The van der Waals surface area contributed by atoms with Crippen LogP contribution < -0.4 is 0 Å². The minimum atomic E-state index is -0.750. The molecule has 3 nitrogen and oxygen atoms in total. The minimum Gasteiger partial charge on any atom is -0.507 e. The molecule has 0 aromatic heterocycles. The Morgan fingerprint density at radius 1 is 1.05 bits per heavy atom. The van der Waals surface area contributed by atoms with Crippen LogP contribution in [0.5, 0.6) is 5.75 Å². The van der Waals surface area contributed by atoms with E-state index in [-0.39, 0.29) is 16.9 Å². The van der Waals surface area contributed by atoms with E-state index in [9.17, 15) is 23.8 Å². The van der Waals surface area contributed by atoms with Gasteiger partial charge in [0.2, 0.25) is 0 Å². The fourth-order valence-corrected chi connectivity index (χ4v) is 1.80. The number of hydrogen-bond donors (Lipinski definition) is 2. The summed E-state index contributed by atoms with van der Waals surface area (Å²) in [6, 6.07) is 8.85. The lowest BCUT2D eigenvalue weighted by molar-refractivity contribution is -0.110. The minimum absolute atomic E-state index is 0.112. The molecule has 0 heterocycles. The van der Waals surface area contributed by atoms with Gasteiger partial charge >= 0.3 is 0 Å². The SMILES string of the molecule is O=C(/C=C(\O)c1ccccc1O)/C=C/c1cc(F)cc(F)c1. The number of hydrogen-bond acceptors (Lipinski definition) is 3. The normalized spacial score (nSPS) is 11.8. The highest BCUT2D eigenvalue weighted by Crippen LogP contribution is 2.22. The van der Waals surface area contributed by atoms with Crippen LogP contribution in [-0.4, -0.2) is 16.0 Å². The van der Waals surface area contributed by atoms with Crippen LogP contribution in [0, 0.1) is 11.6 Å². The number of aromatic hydroxyl groups is 1. The quantitative estimate of drug-likeness (QED) is 0.666. The first-order chi connectivity index (χ1) is 10.5. The topological polar surface area (TPSA) is 57.5 Å². The fourth-order valence-electron chi connectivity index (χ4n) is 1.80. The van der Waals surface area contributed by atoms with E-state index in [1.807, 2.05) is 0 Å². The second-order valence-corrected chi connectivity index (χ2v) is 4.49. The standard InChI is InChI=1S/C17H12F2O3/c18-12-7-11(8-13(19)9-12)5-6-14(20)10-17(22)15-3-1-2-4-16(15)21/h1-10,21-22H/b6-5+,17-10-. The Morgan fingerprint density at radius 2 is 1.68 bits per heavy atom. The van der Waals surface area contributed by atoms with Gasteiger partial charge in [-0.05, 0) is 35.9 Å². The second-order valence-electron chi connectivity index (χ2n) is 4.49.